The van der Waals surface area contributed by atoms with Gasteiger partial charge in [0.1, 0.15) is 0 Å². The summed E-state index contributed by atoms with van der Waals surface area (Å²) in [5, 5.41) is 8.84. The van der Waals surface area contributed by atoms with Crippen molar-refractivity contribution in [3.63, 3.8) is 0 Å². The van der Waals surface area contributed by atoms with Gasteiger partial charge in [-0.3, -0.25) is 9.78 Å². The summed E-state index contributed by atoms with van der Waals surface area (Å²) in [6.45, 7) is 0. The van der Waals surface area contributed by atoms with Crippen molar-refractivity contribution in [2.45, 2.75) is 18.9 Å². The zero-order valence-corrected chi connectivity index (χ0v) is 11.6. The van der Waals surface area contributed by atoms with Crippen LogP contribution in [0.4, 0.5) is 0 Å². The molecule has 0 fully saturated rings. The van der Waals surface area contributed by atoms with Crippen LogP contribution in [0.25, 0.3) is 0 Å². The number of pyridine rings is 1. The van der Waals surface area contributed by atoms with Gasteiger partial charge in [-0.2, -0.15) is 0 Å². The first kappa shape index (κ1) is 14.7. The van der Waals surface area contributed by atoms with Gasteiger partial charge in [0.15, 0.2) is 0 Å². The number of carboxylic acid groups (broad SMARTS) is 1. The Hall–Kier alpha value is -1.73. The first-order chi connectivity index (χ1) is 9.46. The average Bonchev–Trinajstić information content (AvgIpc) is 2.86. The van der Waals surface area contributed by atoms with E-state index in [4.69, 9.17) is 5.11 Å². The van der Waals surface area contributed by atoms with Gasteiger partial charge < -0.3 is 5.11 Å². The van der Waals surface area contributed by atoms with Crippen LogP contribution in [0, 0.1) is 5.92 Å². The molecule has 1 aliphatic rings. The average molecular weight is 296 g/mol. The first-order valence-corrected chi connectivity index (χ1v) is 7.92. The quantitative estimate of drug-likeness (QED) is 0.748. The van der Waals surface area contributed by atoms with Crippen LogP contribution in [0.1, 0.15) is 12.1 Å². The van der Waals surface area contributed by atoms with Crippen molar-refractivity contribution in [2.24, 2.45) is 5.92 Å². The number of rotatable bonds is 6. The van der Waals surface area contributed by atoms with Crippen molar-refractivity contribution in [2.75, 3.05) is 5.75 Å². The Morgan fingerprint density at radius 2 is 2.20 bits per heavy atom. The Bertz CT molecular complexity index is 598. The highest BCUT2D eigenvalue weighted by molar-refractivity contribution is 7.89. The molecule has 0 saturated carbocycles. The molecule has 2 rings (SSSR count). The number of sulfonamides is 1. The lowest BCUT2D eigenvalue weighted by atomic mass is 10.1. The van der Waals surface area contributed by atoms with E-state index in [2.05, 4.69) is 9.71 Å². The Morgan fingerprint density at radius 3 is 2.80 bits per heavy atom. The van der Waals surface area contributed by atoms with Gasteiger partial charge in [-0.05, 0) is 18.6 Å². The minimum Gasteiger partial charge on any atom is -0.481 e. The van der Waals surface area contributed by atoms with E-state index in [1.165, 1.54) is 6.08 Å². The van der Waals surface area contributed by atoms with Crippen LogP contribution in [-0.2, 0) is 21.2 Å². The van der Waals surface area contributed by atoms with E-state index in [1.54, 1.807) is 30.5 Å². The van der Waals surface area contributed by atoms with Gasteiger partial charge in [-0.25, -0.2) is 13.1 Å². The molecular weight excluding hydrogens is 280 g/mol. The molecule has 1 aliphatic carbocycles. The number of aryl methyl sites for hydroxylation is 1. The summed E-state index contributed by atoms with van der Waals surface area (Å²) >= 11 is 0. The highest BCUT2D eigenvalue weighted by atomic mass is 32.2. The maximum absolute atomic E-state index is 11.9. The summed E-state index contributed by atoms with van der Waals surface area (Å²) in [4.78, 5) is 14.9. The van der Waals surface area contributed by atoms with Crippen molar-refractivity contribution in [1.29, 1.82) is 0 Å². The number of nitrogens with one attached hydrogen (secondary N) is 1. The molecule has 0 spiro atoms. The molecule has 6 nitrogen and oxygen atoms in total. The normalized spacial score (nSPS) is 22.0. The monoisotopic (exact) mass is 296 g/mol. The van der Waals surface area contributed by atoms with E-state index in [9.17, 15) is 13.2 Å². The molecule has 7 heteroatoms. The third kappa shape index (κ3) is 4.14. The third-order valence-corrected chi connectivity index (χ3v) is 4.49. The van der Waals surface area contributed by atoms with Gasteiger partial charge in [-0.15, -0.1) is 0 Å². The second-order valence-electron chi connectivity index (χ2n) is 4.68. The molecule has 0 aliphatic heterocycles. The highest BCUT2D eigenvalue weighted by Gasteiger charge is 2.27. The summed E-state index contributed by atoms with van der Waals surface area (Å²) in [6, 6.07) is 4.90. The van der Waals surface area contributed by atoms with E-state index in [0.717, 1.165) is 0 Å². The van der Waals surface area contributed by atoms with Crippen LogP contribution < -0.4 is 4.72 Å². The smallest absolute Gasteiger partial charge is 0.310 e. The topological polar surface area (TPSA) is 96.4 Å². The lowest BCUT2D eigenvalue weighted by Crippen LogP contribution is -2.35. The lowest BCUT2D eigenvalue weighted by Gasteiger charge is -2.12. The summed E-state index contributed by atoms with van der Waals surface area (Å²) in [7, 11) is -3.45. The SMILES string of the molecule is O=C(O)C1C=CC(NS(=O)(=O)CCc2ccccn2)C1. The summed E-state index contributed by atoms with van der Waals surface area (Å²) in [5.41, 5.74) is 0.711. The minimum atomic E-state index is -3.45. The fourth-order valence-electron chi connectivity index (χ4n) is 2.04. The molecule has 20 heavy (non-hydrogen) atoms. The van der Waals surface area contributed by atoms with Gasteiger partial charge in [0.05, 0.1) is 11.7 Å². The van der Waals surface area contributed by atoms with Crippen molar-refractivity contribution < 1.29 is 18.3 Å². The van der Waals surface area contributed by atoms with Gasteiger partial charge in [0.25, 0.3) is 0 Å². The summed E-state index contributed by atoms with van der Waals surface area (Å²) in [6.07, 6.45) is 5.32. The zero-order chi connectivity index (χ0) is 14.6. The van der Waals surface area contributed by atoms with Crippen molar-refractivity contribution >= 4 is 16.0 Å². The van der Waals surface area contributed by atoms with E-state index in [-0.39, 0.29) is 12.2 Å². The Kier molecular flexibility index (Phi) is 4.51. The van der Waals surface area contributed by atoms with E-state index >= 15 is 0 Å². The second kappa shape index (κ2) is 6.15. The van der Waals surface area contributed by atoms with E-state index in [0.29, 0.717) is 12.1 Å². The molecule has 0 amide bonds. The van der Waals surface area contributed by atoms with Gasteiger partial charge >= 0.3 is 5.97 Å². The lowest BCUT2D eigenvalue weighted by molar-refractivity contribution is -0.140. The van der Waals surface area contributed by atoms with Gasteiger partial charge in [-0.1, -0.05) is 18.2 Å². The van der Waals surface area contributed by atoms with E-state index in [1.807, 2.05) is 0 Å². The minimum absolute atomic E-state index is 0.0634. The molecular formula is C13H16N2O4S. The molecule has 108 valence electrons. The van der Waals surface area contributed by atoms with Crippen molar-refractivity contribution in [3.8, 4) is 0 Å². The summed E-state index contributed by atoms with van der Waals surface area (Å²) in [5.74, 6) is -1.61. The number of nitrogens with zero attached hydrogens (tertiary/aromatic N) is 1. The molecule has 0 saturated heterocycles. The van der Waals surface area contributed by atoms with Crippen LogP contribution in [0.2, 0.25) is 0 Å². The van der Waals surface area contributed by atoms with Crippen LogP contribution in [-0.4, -0.2) is 36.3 Å². The van der Waals surface area contributed by atoms with Gasteiger partial charge in [0, 0.05) is 24.4 Å². The van der Waals surface area contributed by atoms with Crippen molar-refractivity contribution in [1.82, 2.24) is 9.71 Å². The predicted octanol–water partition coefficient (Wildman–Crippen LogP) is 0.573. The first-order valence-electron chi connectivity index (χ1n) is 6.27. The molecule has 2 N–H and O–H groups in total. The van der Waals surface area contributed by atoms with Crippen LogP contribution in [0.5, 0.6) is 0 Å². The third-order valence-electron chi connectivity index (χ3n) is 3.08. The zero-order valence-electron chi connectivity index (χ0n) is 10.8. The standard InChI is InChI=1S/C13H16N2O4S/c16-13(17)10-4-5-12(9-10)15-20(18,19)8-6-11-3-1-2-7-14-11/h1-5,7,10,12,15H,6,8-9H2,(H,16,17). The van der Waals surface area contributed by atoms with E-state index < -0.39 is 28.0 Å². The number of carboxylic acids is 1. The Balaban J connectivity index is 1.86. The maximum atomic E-state index is 11.9. The molecule has 0 aromatic carbocycles. The largest absolute Gasteiger partial charge is 0.481 e. The number of aromatic nitrogens is 1. The molecule has 1 heterocycles. The Labute approximate surface area is 117 Å². The molecule has 1 aromatic heterocycles. The number of hydrogen-bond donors (Lipinski definition) is 2. The van der Waals surface area contributed by atoms with Crippen LogP contribution in [0.15, 0.2) is 36.5 Å². The number of carbonyl (C=O) groups is 1. The molecule has 0 radical (unpaired) electrons. The number of aliphatic carboxylic acids is 1. The Morgan fingerprint density at radius 1 is 1.40 bits per heavy atom. The van der Waals surface area contributed by atoms with Crippen LogP contribution >= 0.6 is 0 Å². The van der Waals surface area contributed by atoms with Gasteiger partial charge in [0.2, 0.25) is 10.0 Å². The maximum Gasteiger partial charge on any atom is 0.310 e. The summed E-state index contributed by atoms with van der Waals surface area (Å²) < 4.78 is 26.3. The predicted molar refractivity (Wildman–Crippen MR) is 73.5 cm³/mol. The molecule has 1 aromatic rings. The molecule has 2 unspecified atom stereocenters. The second-order valence-corrected chi connectivity index (χ2v) is 6.55. The molecule has 0 bridgehead atoms. The fourth-order valence-corrected chi connectivity index (χ4v) is 3.28. The number of hydrogen-bond acceptors (Lipinski definition) is 4. The van der Waals surface area contributed by atoms with Crippen LogP contribution in [0.3, 0.4) is 0 Å². The highest BCUT2D eigenvalue weighted by Crippen LogP contribution is 2.18. The molecule has 2 atom stereocenters. The fraction of sp³-hybridized carbons (Fsp3) is 0.385. The van der Waals surface area contributed by atoms with Crippen molar-refractivity contribution in [3.05, 3.63) is 42.2 Å².